The highest BCUT2D eigenvalue weighted by Gasteiger charge is 2.40. The fraction of sp³-hybridized carbons (Fsp3) is 0.263. The Labute approximate surface area is 151 Å². The molecule has 6 heteroatoms. The second-order valence-corrected chi connectivity index (χ2v) is 6.54. The van der Waals surface area contributed by atoms with Crippen molar-refractivity contribution in [3.63, 3.8) is 0 Å². The monoisotopic (exact) mass is 358 g/mol. The van der Waals surface area contributed by atoms with Gasteiger partial charge in [-0.1, -0.05) is 29.3 Å². The van der Waals surface area contributed by atoms with E-state index in [1.54, 1.807) is 18.2 Å². The van der Waals surface area contributed by atoms with Crippen molar-refractivity contribution in [2.45, 2.75) is 26.3 Å². The van der Waals surface area contributed by atoms with Crippen LogP contribution in [0.25, 0.3) is 0 Å². The summed E-state index contributed by atoms with van der Waals surface area (Å²) < 4.78 is 5.29. The number of nitrogens with zero attached hydrogens (tertiary/aromatic N) is 1. The van der Waals surface area contributed by atoms with E-state index in [-0.39, 0.29) is 18.2 Å². The van der Waals surface area contributed by atoms with Crippen LogP contribution in [-0.4, -0.2) is 25.0 Å². The zero-order valence-corrected chi connectivity index (χ0v) is 15.1. The van der Waals surface area contributed by atoms with Gasteiger partial charge in [0.1, 0.15) is 11.8 Å². The van der Waals surface area contributed by atoms with Gasteiger partial charge < -0.3 is 10.1 Å². The smallest absolute Gasteiger partial charge is 0.256 e. The van der Waals surface area contributed by atoms with Crippen LogP contribution in [-0.2, 0) is 9.59 Å². The molecule has 130 valence electrons. The first-order chi connectivity index (χ1) is 11.9. The summed E-state index contributed by atoms with van der Waals surface area (Å²) in [4.78, 5) is 26.5. The molecule has 1 N–H and O–H groups in total. The number of carbonyl (C=O) groups is 2. The van der Waals surface area contributed by atoms with E-state index in [9.17, 15) is 9.59 Å². The molecular weight excluding hydrogens is 340 g/mol. The molecular formula is C19H19ClN2O3. The minimum absolute atomic E-state index is 0.0851. The number of anilines is 2. The maximum Gasteiger partial charge on any atom is 0.256 e. The molecule has 5 nitrogen and oxygen atoms in total. The summed E-state index contributed by atoms with van der Waals surface area (Å²) in [6.07, 6.45) is 0.0851. The number of aryl methyl sites for hydroxylation is 2. The van der Waals surface area contributed by atoms with Gasteiger partial charge in [0.05, 0.1) is 24.9 Å². The number of imide groups is 1. The van der Waals surface area contributed by atoms with Crippen LogP contribution < -0.4 is 15.0 Å². The maximum atomic E-state index is 12.8. The van der Waals surface area contributed by atoms with E-state index < -0.39 is 6.04 Å². The molecule has 1 heterocycles. The third-order valence-electron chi connectivity index (χ3n) is 4.23. The lowest BCUT2D eigenvalue weighted by Crippen LogP contribution is -2.35. The van der Waals surface area contributed by atoms with E-state index in [0.717, 1.165) is 11.1 Å². The van der Waals surface area contributed by atoms with E-state index in [0.29, 0.717) is 22.1 Å². The van der Waals surface area contributed by atoms with Gasteiger partial charge in [0.2, 0.25) is 5.91 Å². The van der Waals surface area contributed by atoms with Gasteiger partial charge in [0.25, 0.3) is 5.91 Å². The summed E-state index contributed by atoms with van der Waals surface area (Å²) in [7, 11) is 1.54. The standard InChI is InChI=1S/C19H19ClN2O3/c1-11-4-6-16(12(2)8-11)22-18(23)10-15(19(22)24)21-14-9-13(20)5-7-17(14)25-3/h4-9,15,21H,10H2,1-3H3. The first kappa shape index (κ1) is 17.3. The molecule has 0 saturated carbocycles. The highest BCUT2D eigenvalue weighted by molar-refractivity contribution is 6.31. The molecule has 0 radical (unpaired) electrons. The lowest BCUT2D eigenvalue weighted by Gasteiger charge is -2.19. The first-order valence-corrected chi connectivity index (χ1v) is 8.32. The Morgan fingerprint density at radius 2 is 1.92 bits per heavy atom. The van der Waals surface area contributed by atoms with E-state index >= 15 is 0 Å². The Morgan fingerprint density at radius 3 is 2.60 bits per heavy atom. The van der Waals surface area contributed by atoms with E-state index in [1.807, 2.05) is 32.0 Å². The van der Waals surface area contributed by atoms with Crippen LogP contribution in [0.2, 0.25) is 5.02 Å². The van der Waals surface area contributed by atoms with Gasteiger partial charge >= 0.3 is 0 Å². The van der Waals surface area contributed by atoms with Gasteiger partial charge in [-0.25, -0.2) is 4.90 Å². The normalized spacial score (nSPS) is 17.1. The van der Waals surface area contributed by atoms with Crippen LogP contribution in [0.5, 0.6) is 5.75 Å². The van der Waals surface area contributed by atoms with Crippen LogP contribution in [0.1, 0.15) is 17.5 Å². The lowest BCUT2D eigenvalue weighted by atomic mass is 10.1. The number of methoxy groups -OCH3 is 1. The van der Waals surface area contributed by atoms with Crippen LogP contribution in [0.3, 0.4) is 0 Å². The maximum absolute atomic E-state index is 12.8. The van der Waals surface area contributed by atoms with Crippen molar-refractivity contribution >= 4 is 34.8 Å². The summed E-state index contributed by atoms with van der Waals surface area (Å²) >= 11 is 6.03. The molecule has 2 amide bonds. The quantitative estimate of drug-likeness (QED) is 0.846. The Kier molecular flexibility index (Phi) is 4.68. The molecule has 2 aromatic carbocycles. The Hall–Kier alpha value is -2.53. The van der Waals surface area contributed by atoms with Crippen LogP contribution in [0, 0.1) is 13.8 Å². The number of hydrogen-bond acceptors (Lipinski definition) is 4. The number of benzene rings is 2. The second kappa shape index (κ2) is 6.76. The van der Waals surface area contributed by atoms with Crippen molar-refractivity contribution in [1.82, 2.24) is 0 Å². The number of halogens is 1. The van der Waals surface area contributed by atoms with Gasteiger partial charge in [-0.15, -0.1) is 0 Å². The molecule has 3 rings (SSSR count). The zero-order valence-electron chi connectivity index (χ0n) is 14.3. The Balaban J connectivity index is 1.88. The molecule has 25 heavy (non-hydrogen) atoms. The van der Waals surface area contributed by atoms with Crippen LogP contribution in [0.4, 0.5) is 11.4 Å². The predicted octanol–water partition coefficient (Wildman–Crippen LogP) is 3.71. The Morgan fingerprint density at radius 1 is 1.16 bits per heavy atom. The summed E-state index contributed by atoms with van der Waals surface area (Å²) in [6, 6.07) is 10.1. The molecule has 1 atom stereocenters. The summed E-state index contributed by atoms with van der Waals surface area (Å²) in [5, 5.41) is 3.61. The van der Waals surface area contributed by atoms with Gasteiger partial charge in [-0.2, -0.15) is 0 Å². The van der Waals surface area contributed by atoms with Crippen LogP contribution >= 0.6 is 11.6 Å². The summed E-state index contributed by atoms with van der Waals surface area (Å²) in [5.41, 5.74) is 3.19. The fourth-order valence-corrected chi connectivity index (χ4v) is 3.21. The van der Waals surface area contributed by atoms with Crippen molar-refractivity contribution < 1.29 is 14.3 Å². The molecule has 1 unspecified atom stereocenters. The molecule has 0 aliphatic carbocycles. The topological polar surface area (TPSA) is 58.6 Å². The largest absolute Gasteiger partial charge is 0.495 e. The van der Waals surface area contributed by atoms with Crippen LogP contribution in [0.15, 0.2) is 36.4 Å². The minimum Gasteiger partial charge on any atom is -0.495 e. The molecule has 0 spiro atoms. The average molecular weight is 359 g/mol. The Bertz CT molecular complexity index is 851. The van der Waals surface area contributed by atoms with Gasteiger partial charge in [-0.05, 0) is 43.7 Å². The molecule has 1 aliphatic rings. The molecule has 2 aromatic rings. The summed E-state index contributed by atoms with van der Waals surface area (Å²) in [6.45, 7) is 3.86. The minimum atomic E-state index is -0.652. The fourth-order valence-electron chi connectivity index (χ4n) is 3.03. The summed E-state index contributed by atoms with van der Waals surface area (Å²) in [5.74, 6) is 0.0593. The number of rotatable bonds is 4. The number of carbonyl (C=O) groups excluding carboxylic acids is 2. The lowest BCUT2D eigenvalue weighted by molar-refractivity contribution is -0.121. The van der Waals surface area contributed by atoms with Gasteiger partial charge in [0, 0.05) is 5.02 Å². The van der Waals surface area contributed by atoms with Crippen molar-refractivity contribution in [2.24, 2.45) is 0 Å². The van der Waals surface area contributed by atoms with E-state index in [2.05, 4.69) is 5.32 Å². The van der Waals surface area contributed by atoms with Crippen molar-refractivity contribution in [3.8, 4) is 5.75 Å². The molecule has 0 aromatic heterocycles. The molecule has 0 bridgehead atoms. The van der Waals surface area contributed by atoms with Crippen molar-refractivity contribution in [1.29, 1.82) is 0 Å². The van der Waals surface area contributed by atoms with Crippen molar-refractivity contribution in [2.75, 3.05) is 17.3 Å². The zero-order chi connectivity index (χ0) is 18.1. The molecule has 1 fully saturated rings. The number of hydrogen-bond donors (Lipinski definition) is 1. The number of nitrogens with one attached hydrogen (secondary N) is 1. The van der Waals surface area contributed by atoms with Gasteiger partial charge in [-0.3, -0.25) is 9.59 Å². The molecule has 1 aliphatic heterocycles. The highest BCUT2D eigenvalue weighted by Crippen LogP contribution is 2.32. The predicted molar refractivity (Wildman–Crippen MR) is 98.4 cm³/mol. The second-order valence-electron chi connectivity index (χ2n) is 6.10. The van der Waals surface area contributed by atoms with E-state index in [4.69, 9.17) is 16.3 Å². The SMILES string of the molecule is COc1ccc(Cl)cc1NC1CC(=O)N(c2ccc(C)cc2C)C1=O. The van der Waals surface area contributed by atoms with Gasteiger partial charge in [0.15, 0.2) is 0 Å². The van der Waals surface area contributed by atoms with E-state index in [1.165, 1.54) is 12.0 Å². The third kappa shape index (κ3) is 3.33. The number of amides is 2. The average Bonchev–Trinajstić information content (AvgIpc) is 2.82. The van der Waals surface area contributed by atoms with Crippen molar-refractivity contribution in [3.05, 3.63) is 52.5 Å². The highest BCUT2D eigenvalue weighted by atomic mass is 35.5. The molecule has 1 saturated heterocycles. The third-order valence-corrected chi connectivity index (χ3v) is 4.47. The number of ether oxygens (including phenoxy) is 1. The first-order valence-electron chi connectivity index (χ1n) is 7.95.